The smallest absolute Gasteiger partial charge is 0.270 e. The van der Waals surface area contributed by atoms with Gasteiger partial charge in [0.05, 0.1) is 7.11 Å². The summed E-state index contributed by atoms with van der Waals surface area (Å²) >= 11 is 0. The minimum absolute atomic E-state index is 0.0616. The Morgan fingerprint density at radius 1 is 1.15 bits per heavy atom. The number of nitrogens with zero attached hydrogens (tertiary/aromatic N) is 2. The number of nitrogens with one attached hydrogen (secondary N) is 1. The number of aromatic nitrogens is 1. The lowest BCUT2D eigenvalue weighted by Gasteiger charge is -2.35. The van der Waals surface area contributed by atoms with Crippen LogP contribution in [-0.2, 0) is 6.54 Å². The van der Waals surface area contributed by atoms with E-state index in [1.807, 2.05) is 29.2 Å². The first-order valence-corrected chi connectivity index (χ1v) is 8.86. The highest BCUT2D eigenvalue weighted by atomic mass is 16.6. The summed E-state index contributed by atoms with van der Waals surface area (Å²) < 4.78 is 16.8. The van der Waals surface area contributed by atoms with Gasteiger partial charge >= 0.3 is 0 Å². The van der Waals surface area contributed by atoms with Gasteiger partial charge in [-0.05, 0) is 18.2 Å². The van der Waals surface area contributed by atoms with E-state index in [2.05, 4.69) is 9.88 Å². The highest BCUT2D eigenvalue weighted by molar-refractivity contribution is 5.92. The summed E-state index contributed by atoms with van der Waals surface area (Å²) in [5, 5.41) is 0. The minimum Gasteiger partial charge on any atom is -0.496 e. The number of piperazine rings is 1. The molecule has 138 valence electrons. The second kappa shape index (κ2) is 7.29. The van der Waals surface area contributed by atoms with Gasteiger partial charge in [-0.25, -0.2) is 0 Å². The minimum atomic E-state index is 0.0616. The molecule has 1 aromatic carbocycles. The van der Waals surface area contributed by atoms with Gasteiger partial charge in [0.1, 0.15) is 24.7 Å². The van der Waals surface area contributed by atoms with E-state index in [-0.39, 0.29) is 5.91 Å². The van der Waals surface area contributed by atoms with E-state index in [1.54, 1.807) is 13.3 Å². The number of H-pyrrole nitrogens is 1. The monoisotopic (exact) mass is 357 g/mol. The maximum atomic E-state index is 12.4. The van der Waals surface area contributed by atoms with Crippen LogP contribution in [0.1, 0.15) is 16.1 Å². The van der Waals surface area contributed by atoms with Crippen LogP contribution in [0.2, 0.25) is 0 Å². The largest absolute Gasteiger partial charge is 0.496 e. The van der Waals surface area contributed by atoms with Gasteiger partial charge in [-0.1, -0.05) is 0 Å². The summed E-state index contributed by atoms with van der Waals surface area (Å²) in [4.78, 5) is 19.6. The number of methoxy groups -OCH3 is 1. The van der Waals surface area contributed by atoms with Crippen LogP contribution in [-0.4, -0.2) is 67.2 Å². The molecular formula is C19H23N3O4. The Kier molecular flexibility index (Phi) is 4.71. The molecule has 0 spiro atoms. The quantitative estimate of drug-likeness (QED) is 0.903. The van der Waals surface area contributed by atoms with E-state index in [0.29, 0.717) is 32.0 Å². The number of fused-ring (bicyclic) bond motifs is 1. The van der Waals surface area contributed by atoms with Crippen LogP contribution in [0.4, 0.5) is 0 Å². The molecule has 0 radical (unpaired) electrons. The van der Waals surface area contributed by atoms with Gasteiger partial charge in [0.15, 0.2) is 11.5 Å². The summed E-state index contributed by atoms with van der Waals surface area (Å²) in [6, 6.07) is 7.56. The van der Waals surface area contributed by atoms with E-state index in [1.165, 1.54) is 0 Å². The van der Waals surface area contributed by atoms with E-state index in [4.69, 9.17) is 14.2 Å². The molecule has 0 atom stereocenters. The van der Waals surface area contributed by atoms with Crippen molar-refractivity contribution in [3.8, 4) is 17.2 Å². The van der Waals surface area contributed by atoms with Gasteiger partial charge < -0.3 is 24.1 Å². The molecule has 0 saturated carbocycles. The number of rotatable bonds is 4. The molecule has 7 nitrogen and oxygen atoms in total. The Labute approximate surface area is 152 Å². The molecule has 1 fully saturated rings. The van der Waals surface area contributed by atoms with Crippen LogP contribution in [0.15, 0.2) is 30.5 Å². The number of carbonyl (C=O) groups is 1. The zero-order valence-electron chi connectivity index (χ0n) is 14.9. The van der Waals surface area contributed by atoms with Crippen molar-refractivity contribution in [1.82, 2.24) is 14.8 Å². The first-order chi connectivity index (χ1) is 12.7. The van der Waals surface area contributed by atoms with Gasteiger partial charge in [0.25, 0.3) is 5.91 Å². The number of amides is 1. The van der Waals surface area contributed by atoms with E-state index >= 15 is 0 Å². The Morgan fingerprint density at radius 2 is 1.88 bits per heavy atom. The third-order valence-electron chi connectivity index (χ3n) is 4.83. The van der Waals surface area contributed by atoms with E-state index in [0.717, 1.165) is 42.4 Å². The maximum absolute atomic E-state index is 12.4. The zero-order valence-corrected chi connectivity index (χ0v) is 14.9. The van der Waals surface area contributed by atoms with Gasteiger partial charge in [0.2, 0.25) is 0 Å². The highest BCUT2D eigenvalue weighted by Gasteiger charge is 2.24. The maximum Gasteiger partial charge on any atom is 0.270 e. The molecule has 4 rings (SSSR count). The predicted octanol–water partition coefficient (Wildman–Crippen LogP) is 1.75. The molecule has 2 aliphatic rings. The van der Waals surface area contributed by atoms with Crippen LogP contribution in [0.3, 0.4) is 0 Å². The highest BCUT2D eigenvalue weighted by Crippen LogP contribution is 2.37. The fraction of sp³-hybridized carbons (Fsp3) is 0.421. The van der Waals surface area contributed by atoms with Crippen molar-refractivity contribution in [1.29, 1.82) is 0 Å². The molecule has 1 amide bonds. The molecule has 26 heavy (non-hydrogen) atoms. The average molecular weight is 357 g/mol. The Hall–Kier alpha value is -2.67. The molecule has 1 N–H and O–H groups in total. The van der Waals surface area contributed by atoms with Crippen molar-refractivity contribution in [3.05, 3.63) is 41.7 Å². The topological polar surface area (TPSA) is 67.0 Å². The third-order valence-corrected chi connectivity index (χ3v) is 4.83. The Balaban J connectivity index is 1.40. The van der Waals surface area contributed by atoms with Crippen LogP contribution in [0.25, 0.3) is 0 Å². The molecule has 3 heterocycles. The second-order valence-electron chi connectivity index (χ2n) is 6.46. The molecule has 2 aliphatic heterocycles. The van der Waals surface area contributed by atoms with Crippen molar-refractivity contribution in [2.45, 2.75) is 6.54 Å². The number of hydrogen-bond donors (Lipinski definition) is 1. The number of aromatic amines is 1. The van der Waals surface area contributed by atoms with Crippen LogP contribution >= 0.6 is 0 Å². The van der Waals surface area contributed by atoms with Crippen LogP contribution in [0, 0.1) is 0 Å². The van der Waals surface area contributed by atoms with Crippen LogP contribution in [0.5, 0.6) is 17.2 Å². The normalized spacial score (nSPS) is 17.2. The Bertz CT molecular complexity index is 767. The molecule has 0 bridgehead atoms. The third kappa shape index (κ3) is 3.35. The number of carbonyl (C=O) groups excluding carboxylic acids is 1. The second-order valence-corrected chi connectivity index (χ2v) is 6.46. The summed E-state index contributed by atoms with van der Waals surface area (Å²) in [5.74, 6) is 2.37. The fourth-order valence-corrected chi connectivity index (χ4v) is 3.41. The molecule has 0 unspecified atom stereocenters. The standard InChI is InChI=1S/C19H23N3O4/c1-24-16-12-18-17(25-9-10-26-18)11-14(16)13-21-5-7-22(8-6-21)19(23)15-3-2-4-20-15/h2-4,11-12,20H,5-10,13H2,1H3. The fourth-order valence-electron chi connectivity index (χ4n) is 3.41. The van der Waals surface area contributed by atoms with Crippen molar-refractivity contribution in [3.63, 3.8) is 0 Å². The first-order valence-electron chi connectivity index (χ1n) is 8.86. The van der Waals surface area contributed by atoms with E-state index < -0.39 is 0 Å². The molecular weight excluding hydrogens is 334 g/mol. The summed E-state index contributed by atoms with van der Waals surface area (Å²) in [6.45, 7) is 4.96. The zero-order chi connectivity index (χ0) is 17.9. The molecule has 7 heteroatoms. The lowest BCUT2D eigenvalue weighted by atomic mass is 10.1. The Morgan fingerprint density at radius 3 is 2.54 bits per heavy atom. The number of hydrogen-bond acceptors (Lipinski definition) is 5. The van der Waals surface area contributed by atoms with Gasteiger partial charge in [-0.3, -0.25) is 9.69 Å². The van der Waals surface area contributed by atoms with Gasteiger partial charge in [-0.2, -0.15) is 0 Å². The average Bonchev–Trinajstić information content (AvgIpc) is 3.22. The van der Waals surface area contributed by atoms with Gasteiger partial charge in [0, 0.05) is 50.6 Å². The SMILES string of the molecule is COc1cc2c(cc1CN1CCN(C(=O)c3ccc[nH]3)CC1)OCCO2. The van der Waals surface area contributed by atoms with E-state index in [9.17, 15) is 4.79 Å². The summed E-state index contributed by atoms with van der Waals surface area (Å²) in [6.07, 6.45) is 1.78. The van der Waals surface area contributed by atoms with Crippen molar-refractivity contribution < 1.29 is 19.0 Å². The first kappa shape index (κ1) is 16.8. The summed E-state index contributed by atoms with van der Waals surface area (Å²) in [5.41, 5.74) is 1.72. The predicted molar refractivity (Wildman–Crippen MR) is 96.0 cm³/mol. The van der Waals surface area contributed by atoms with Gasteiger partial charge in [-0.15, -0.1) is 0 Å². The number of benzene rings is 1. The van der Waals surface area contributed by atoms with Crippen molar-refractivity contribution in [2.75, 3.05) is 46.5 Å². The van der Waals surface area contributed by atoms with Crippen molar-refractivity contribution in [2.24, 2.45) is 0 Å². The lowest BCUT2D eigenvalue weighted by molar-refractivity contribution is 0.0622. The molecule has 1 aromatic heterocycles. The molecule has 2 aromatic rings. The van der Waals surface area contributed by atoms with Crippen molar-refractivity contribution >= 4 is 5.91 Å². The summed E-state index contributed by atoms with van der Waals surface area (Å²) in [7, 11) is 1.67. The lowest BCUT2D eigenvalue weighted by Crippen LogP contribution is -2.48. The number of ether oxygens (including phenoxy) is 3. The van der Waals surface area contributed by atoms with Crippen LogP contribution < -0.4 is 14.2 Å². The molecule has 0 aliphatic carbocycles. The molecule has 1 saturated heterocycles.